The number of pyridine rings is 1. The van der Waals surface area contributed by atoms with Crippen molar-refractivity contribution in [3.63, 3.8) is 0 Å². The van der Waals surface area contributed by atoms with Gasteiger partial charge < -0.3 is 5.73 Å². The van der Waals surface area contributed by atoms with Crippen molar-refractivity contribution >= 4 is 17.0 Å². The van der Waals surface area contributed by atoms with E-state index in [-0.39, 0.29) is 0 Å². The van der Waals surface area contributed by atoms with Crippen LogP contribution in [0.1, 0.15) is 16.4 Å². The van der Waals surface area contributed by atoms with Crippen LogP contribution in [0.2, 0.25) is 0 Å². The Morgan fingerprint density at radius 1 is 1.05 bits per heavy atom. The molecule has 2 heterocycles. The Morgan fingerprint density at radius 2 is 1.85 bits per heavy atom. The summed E-state index contributed by atoms with van der Waals surface area (Å²) < 4.78 is 0. The molecule has 0 aliphatic heterocycles. The van der Waals surface area contributed by atoms with Gasteiger partial charge in [-0.1, -0.05) is 30.3 Å². The zero-order valence-electron chi connectivity index (χ0n) is 11.2. The third kappa shape index (κ3) is 2.70. The predicted octanol–water partition coefficient (Wildman–Crippen LogP) is 3.69. The van der Waals surface area contributed by atoms with Gasteiger partial charge in [0.2, 0.25) is 0 Å². The summed E-state index contributed by atoms with van der Waals surface area (Å²) in [4.78, 5) is 9.17. The average Bonchev–Trinajstić information content (AvgIpc) is 2.92. The molecule has 100 valence electrons. The predicted molar refractivity (Wildman–Crippen MR) is 83.7 cm³/mol. The number of nitrogens with two attached hydrogens (primary N) is 1. The quantitative estimate of drug-likeness (QED) is 0.796. The summed E-state index contributed by atoms with van der Waals surface area (Å²) >= 11 is 1.67. The summed E-state index contributed by atoms with van der Waals surface area (Å²) in [7, 11) is 0. The molecule has 0 radical (unpaired) electrons. The Morgan fingerprint density at radius 3 is 2.60 bits per heavy atom. The molecule has 0 unspecified atom stereocenters. The molecule has 0 bridgehead atoms. The number of thiazole rings is 1. The van der Waals surface area contributed by atoms with Crippen LogP contribution in [0.3, 0.4) is 0 Å². The number of aromatic nitrogens is 2. The maximum atomic E-state index is 5.79. The first-order chi connectivity index (χ1) is 9.72. The fraction of sp³-hybridized carbons (Fsp3) is 0.125. The number of rotatable bonds is 3. The van der Waals surface area contributed by atoms with Gasteiger partial charge in [0.05, 0.1) is 22.1 Å². The second-order valence-corrected chi connectivity index (χ2v) is 5.59. The molecule has 3 aromatic rings. The summed E-state index contributed by atoms with van der Waals surface area (Å²) in [6.45, 7) is 1.93. The number of nitrogen functional groups attached to an aromatic ring is 1. The number of hydrogen-bond donors (Lipinski definition) is 1. The van der Waals surface area contributed by atoms with E-state index in [9.17, 15) is 0 Å². The second kappa shape index (κ2) is 5.43. The van der Waals surface area contributed by atoms with Crippen molar-refractivity contribution < 1.29 is 0 Å². The summed E-state index contributed by atoms with van der Waals surface area (Å²) in [6.07, 6.45) is 0.749. The lowest BCUT2D eigenvalue weighted by atomic mass is 10.2. The first-order valence-electron chi connectivity index (χ1n) is 6.44. The number of benzene rings is 1. The van der Waals surface area contributed by atoms with E-state index in [0.29, 0.717) is 0 Å². The molecule has 0 atom stereocenters. The van der Waals surface area contributed by atoms with Crippen LogP contribution in [-0.2, 0) is 6.42 Å². The van der Waals surface area contributed by atoms with Crippen LogP contribution in [0.4, 0.5) is 5.69 Å². The van der Waals surface area contributed by atoms with E-state index in [0.717, 1.165) is 39.8 Å². The molecule has 20 heavy (non-hydrogen) atoms. The number of anilines is 1. The van der Waals surface area contributed by atoms with Gasteiger partial charge in [0.1, 0.15) is 0 Å². The molecule has 0 aliphatic rings. The van der Waals surface area contributed by atoms with E-state index < -0.39 is 0 Å². The fourth-order valence-electron chi connectivity index (χ4n) is 2.01. The molecule has 2 N–H and O–H groups in total. The molecule has 2 aromatic heterocycles. The molecule has 0 fully saturated rings. The summed E-state index contributed by atoms with van der Waals surface area (Å²) in [5.74, 6) is 0. The Bertz CT molecular complexity index is 720. The highest BCUT2D eigenvalue weighted by Gasteiger charge is 2.06. The van der Waals surface area contributed by atoms with E-state index in [2.05, 4.69) is 27.5 Å². The first-order valence-corrected chi connectivity index (χ1v) is 7.32. The van der Waals surface area contributed by atoms with E-state index in [1.54, 1.807) is 11.3 Å². The minimum absolute atomic E-state index is 0.734. The molecule has 0 spiro atoms. The SMILES string of the molecule is Cc1nc(Cc2nc(-c3ccccc3)cs2)ccc1N. The van der Waals surface area contributed by atoms with Crippen LogP contribution in [0.25, 0.3) is 11.3 Å². The fourth-order valence-corrected chi connectivity index (χ4v) is 2.83. The summed E-state index contributed by atoms with van der Waals surface area (Å²) in [5, 5.41) is 3.16. The van der Waals surface area contributed by atoms with Crippen molar-refractivity contribution in [2.75, 3.05) is 5.73 Å². The third-order valence-electron chi connectivity index (χ3n) is 3.14. The Balaban J connectivity index is 1.82. The Labute approximate surface area is 122 Å². The number of hydrogen-bond acceptors (Lipinski definition) is 4. The molecule has 0 aliphatic carbocycles. The second-order valence-electron chi connectivity index (χ2n) is 4.65. The van der Waals surface area contributed by atoms with Crippen molar-refractivity contribution in [3.05, 3.63) is 64.2 Å². The van der Waals surface area contributed by atoms with E-state index in [1.165, 1.54) is 0 Å². The van der Waals surface area contributed by atoms with Crippen LogP contribution < -0.4 is 5.73 Å². The lowest BCUT2D eigenvalue weighted by molar-refractivity contribution is 1.03. The highest BCUT2D eigenvalue weighted by atomic mass is 32.1. The number of nitrogens with zero attached hydrogens (tertiary/aromatic N) is 2. The summed E-state index contributed by atoms with van der Waals surface area (Å²) in [6, 6.07) is 14.1. The maximum Gasteiger partial charge on any atom is 0.0992 e. The lowest BCUT2D eigenvalue weighted by Gasteiger charge is -2.02. The van der Waals surface area contributed by atoms with Gasteiger partial charge in [-0.15, -0.1) is 11.3 Å². The normalized spacial score (nSPS) is 10.7. The van der Waals surface area contributed by atoms with E-state index >= 15 is 0 Å². The zero-order valence-corrected chi connectivity index (χ0v) is 12.0. The van der Waals surface area contributed by atoms with Crippen molar-refractivity contribution in [3.8, 4) is 11.3 Å². The molecule has 4 heteroatoms. The lowest BCUT2D eigenvalue weighted by Crippen LogP contribution is -1.98. The minimum Gasteiger partial charge on any atom is -0.397 e. The van der Waals surface area contributed by atoms with Crippen LogP contribution in [-0.4, -0.2) is 9.97 Å². The van der Waals surface area contributed by atoms with Gasteiger partial charge >= 0.3 is 0 Å². The molecule has 3 rings (SSSR count). The van der Waals surface area contributed by atoms with Gasteiger partial charge in [0.25, 0.3) is 0 Å². The Hall–Kier alpha value is -2.20. The molecule has 1 aromatic carbocycles. The van der Waals surface area contributed by atoms with Crippen LogP contribution in [0, 0.1) is 6.92 Å². The van der Waals surface area contributed by atoms with E-state index in [1.807, 2.05) is 37.3 Å². The van der Waals surface area contributed by atoms with Crippen molar-refractivity contribution in [2.45, 2.75) is 13.3 Å². The minimum atomic E-state index is 0.734. The van der Waals surface area contributed by atoms with Gasteiger partial charge in [-0.05, 0) is 19.1 Å². The smallest absolute Gasteiger partial charge is 0.0992 e. The van der Waals surface area contributed by atoms with E-state index in [4.69, 9.17) is 5.73 Å². The zero-order chi connectivity index (χ0) is 13.9. The van der Waals surface area contributed by atoms with Gasteiger partial charge in [0, 0.05) is 23.1 Å². The molecule has 0 saturated carbocycles. The molecular formula is C16H15N3S. The van der Waals surface area contributed by atoms with Gasteiger partial charge in [0.15, 0.2) is 0 Å². The maximum absolute atomic E-state index is 5.79. The highest BCUT2D eigenvalue weighted by Crippen LogP contribution is 2.23. The standard InChI is InChI=1S/C16H15N3S/c1-11-14(17)8-7-13(18-11)9-16-19-15(10-20-16)12-5-3-2-4-6-12/h2-8,10H,9,17H2,1H3. The van der Waals surface area contributed by atoms with Gasteiger partial charge in [-0.25, -0.2) is 4.98 Å². The van der Waals surface area contributed by atoms with Crippen LogP contribution in [0.5, 0.6) is 0 Å². The topological polar surface area (TPSA) is 51.8 Å². The average molecular weight is 281 g/mol. The summed E-state index contributed by atoms with van der Waals surface area (Å²) in [5.41, 5.74) is 10.6. The van der Waals surface area contributed by atoms with Crippen LogP contribution in [0.15, 0.2) is 47.8 Å². The van der Waals surface area contributed by atoms with Gasteiger partial charge in [-0.2, -0.15) is 0 Å². The largest absolute Gasteiger partial charge is 0.397 e. The number of aryl methyl sites for hydroxylation is 1. The Kier molecular flexibility index (Phi) is 3.48. The van der Waals surface area contributed by atoms with Crippen molar-refractivity contribution in [1.82, 2.24) is 9.97 Å². The van der Waals surface area contributed by atoms with Gasteiger partial charge in [-0.3, -0.25) is 4.98 Å². The third-order valence-corrected chi connectivity index (χ3v) is 3.99. The molecular weight excluding hydrogens is 266 g/mol. The molecule has 0 amide bonds. The van der Waals surface area contributed by atoms with Crippen molar-refractivity contribution in [1.29, 1.82) is 0 Å². The van der Waals surface area contributed by atoms with Crippen LogP contribution >= 0.6 is 11.3 Å². The first kappa shape index (κ1) is 12.8. The highest BCUT2D eigenvalue weighted by molar-refractivity contribution is 7.10. The monoisotopic (exact) mass is 281 g/mol. The molecule has 0 saturated heterocycles. The molecule has 3 nitrogen and oxygen atoms in total. The van der Waals surface area contributed by atoms with Crippen molar-refractivity contribution in [2.24, 2.45) is 0 Å².